The Kier molecular flexibility index (Phi) is 2.83. The van der Waals surface area contributed by atoms with Crippen molar-refractivity contribution in [2.75, 3.05) is 13.2 Å². The highest BCUT2D eigenvalue weighted by Gasteiger charge is 2.23. The van der Waals surface area contributed by atoms with E-state index in [9.17, 15) is 10.1 Å². The molecule has 0 radical (unpaired) electrons. The smallest absolute Gasteiger partial charge is 0.284 e. The van der Waals surface area contributed by atoms with Crippen molar-refractivity contribution in [3.8, 4) is 22.8 Å². The number of rotatable bonds is 2. The highest BCUT2D eigenvalue weighted by molar-refractivity contribution is 5.74. The number of furan rings is 1. The summed E-state index contributed by atoms with van der Waals surface area (Å²) < 4.78 is 16.2. The van der Waals surface area contributed by atoms with Crippen LogP contribution in [-0.4, -0.2) is 18.1 Å². The highest BCUT2D eigenvalue weighted by Crippen LogP contribution is 2.40. The Hall–Kier alpha value is -2.50. The van der Waals surface area contributed by atoms with Gasteiger partial charge in [-0.25, -0.2) is 0 Å². The predicted octanol–water partition coefficient (Wildman–Crippen LogP) is 3.02. The molecule has 98 valence electrons. The second-order valence-corrected chi connectivity index (χ2v) is 4.10. The monoisotopic (exact) mass is 261 g/mol. The highest BCUT2D eigenvalue weighted by atomic mass is 16.6. The Morgan fingerprint density at radius 3 is 2.53 bits per heavy atom. The van der Waals surface area contributed by atoms with Gasteiger partial charge in [0, 0.05) is 12.5 Å². The van der Waals surface area contributed by atoms with Gasteiger partial charge in [-0.2, -0.15) is 0 Å². The van der Waals surface area contributed by atoms with E-state index < -0.39 is 4.92 Å². The van der Waals surface area contributed by atoms with E-state index in [0.29, 0.717) is 36.0 Å². The molecule has 1 aromatic carbocycles. The van der Waals surface area contributed by atoms with Crippen molar-refractivity contribution in [2.45, 2.75) is 6.42 Å². The van der Waals surface area contributed by atoms with Crippen LogP contribution in [0.3, 0.4) is 0 Å². The molecular weight excluding hydrogens is 250 g/mol. The van der Waals surface area contributed by atoms with E-state index in [-0.39, 0.29) is 5.69 Å². The van der Waals surface area contributed by atoms with Gasteiger partial charge in [-0.3, -0.25) is 10.1 Å². The van der Waals surface area contributed by atoms with Crippen LogP contribution in [0.5, 0.6) is 11.5 Å². The lowest BCUT2D eigenvalue weighted by Crippen LogP contribution is -1.97. The van der Waals surface area contributed by atoms with Crippen LogP contribution in [0.15, 0.2) is 34.9 Å². The molecular formula is C13H11NO5. The van der Waals surface area contributed by atoms with Gasteiger partial charge in [-0.1, -0.05) is 0 Å². The molecule has 0 atom stereocenters. The van der Waals surface area contributed by atoms with Gasteiger partial charge in [-0.05, 0) is 12.1 Å². The number of ether oxygens (including phenoxy) is 2. The van der Waals surface area contributed by atoms with Gasteiger partial charge in [0.1, 0.15) is 5.76 Å². The molecule has 0 amide bonds. The van der Waals surface area contributed by atoms with Crippen LogP contribution >= 0.6 is 0 Å². The Morgan fingerprint density at radius 2 is 1.89 bits per heavy atom. The molecule has 3 rings (SSSR count). The largest absolute Gasteiger partial charge is 0.490 e. The number of nitro benzene ring substituents is 1. The van der Waals surface area contributed by atoms with E-state index in [4.69, 9.17) is 13.9 Å². The lowest BCUT2D eigenvalue weighted by atomic mass is 10.1. The van der Waals surface area contributed by atoms with Crippen LogP contribution < -0.4 is 9.47 Å². The third-order valence-corrected chi connectivity index (χ3v) is 2.85. The van der Waals surface area contributed by atoms with Crippen molar-refractivity contribution in [1.82, 2.24) is 0 Å². The van der Waals surface area contributed by atoms with E-state index in [1.165, 1.54) is 12.3 Å². The van der Waals surface area contributed by atoms with Crippen LogP contribution in [0.4, 0.5) is 5.69 Å². The molecule has 1 aliphatic heterocycles. The first-order valence-corrected chi connectivity index (χ1v) is 5.87. The Balaban J connectivity index is 2.17. The fourth-order valence-corrected chi connectivity index (χ4v) is 1.98. The van der Waals surface area contributed by atoms with Crippen molar-refractivity contribution in [2.24, 2.45) is 0 Å². The van der Waals surface area contributed by atoms with E-state index in [2.05, 4.69) is 0 Å². The molecule has 6 nitrogen and oxygen atoms in total. The fraction of sp³-hybridized carbons (Fsp3) is 0.231. The summed E-state index contributed by atoms with van der Waals surface area (Å²) in [5.41, 5.74) is 0.332. The molecule has 0 spiro atoms. The van der Waals surface area contributed by atoms with Gasteiger partial charge in [0.05, 0.1) is 36.0 Å². The number of nitrogens with zero attached hydrogens (tertiary/aromatic N) is 1. The minimum atomic E-state index is -0.452. The van der Waals surface area contributed by atoms with Gasteiger partial charge in [-0.15, -0.1) is 0 Å². The summed E-state index contributed by atoms with van der Waals surface area (Å²) in [6.45, 7) is 1.02. The van der Waals surface area contributed by atoms with Crippen molar-refractivity contribution in [3.63, 3.8) is 0 Å². The molecule has 2 aromatic rings. The van der Waals surface area contributed by atoms with Gasteiger partial charge in [0.2, 0.25) is 0 Å². The third-order valence-electron chi connectivity index (χ3n) is 2.85. The van der Waals surface area contributed by atoms with Crippen LogP contribution in [0, 0.1) is 10.1 Å². The first-order valence-electron chi connectivity index (χ1n) is 5.87. The average Bonchev–Trinajstić information content (AvgIpc) is 2.83. The molecule has 1 aliphatic rings. The second-order valence-electron chi connectivity index (χ2n) is 4.10. The molecule has 0 aliphatic carbocycles. The van der Waals surface area contributed by atoms with E-state index >= 15 is 0 Å². The lowest BCUT2D eigenvalue weighted by Gasteiger charge is -2.09. The number of hydrogen-bond donors (Lipinski definition) is 0. The van der Waals surface area contributed by atoms with Gasteiger partial charge in [0.15, 0.2) is 11.5 Å². The summed E-state index contributed by atoms with van der Waals surface area (Å²) in [6, 6.07) is 6.34. The summed E-state index contributed by atoms with van der Waals surface area (Å²) in [6.07, 6.45) is 2.22. The molecule has 19 heavy (non-hydrogen) atoms. The molecule has 2 heterocycles. The van der Waals surface area contributed by atoms with Crippen LogP contribution in [0.1, 0.15) is 6.42 Å². The summed E-state index contributed by atoms with van der Waals surface area (Å²) in [4.78, 5) is 10.7. The van der Waals surface area contributed by atoms with Gasteiger partial charge >= 0.3 is 0 Å². The Bertz CT molecular complexity index is 606. The van der Waals surface area contributed by atoms with Crippen molar-refractivity contribution in [1.29, 1.82) is 0 Å². The van der Waals surface area contributed by atoms with Crippen LogP contribution in [0.2, 0.25) is 0 Å². The zero-order valence-corrected chi connectivity index (χ0v) is 10.00. The maximum atomic E-state index is 11.2. The van der Waals surface area contributed by atoms with Gasteiger partial charge < -0.3 is 13.9 Å². The third kappa shape index (κ3) is 2.12. The quantitative estimate of drug-likeness (QED) is 0.613. The Labute approximate surface area is 108 Å². The second kappa shape index (κ2) is 4.64. The number of fused-ring (bicyclic) bond motifs is 1. The molecule has 0 bridgehead atoms. The molecule has 0 saturated heterocycles. The molecule has 1 aromatic heterocycles. The lowest BCUT2D eigenvalue weighted by molar-refractivity contribution is -0.384. The SMILES string of the molecule is O=[N+]([O-])c1cc2c(cc1-c1ccco1)OCCCO2. The summed E-state index contributed by atoms with van der Waals surface area (Å²) in [7, 11) is 0. The number of nitro groups is 1. The Morgan fingerprint density at radius 1 is 1.16 bits per heavy atom. The van der Waals surface area contributed by atoms with Gasteiger partial charge in [0.25, 0.3) is 5.69 Å². The summed E-state index contributed by atoms with van der Waals surface area (Å²) >= 11 is 0. The van der Waals surface area contributed by atoms with Crippen molar-refractivity contribution >= 4 is 5.69 Å². The zero-order valence-electron chi connectivity index (χ0n) is 10.00. The topological polar surface area (TPSA) is 74.7 Å². The first kappa shape index (κ1) is 11.6. The standard InChI is InChI=1S/C13H11NO5/c15-14(16)10-8-13-12(18-5-2-6-19-13)7-9(10)11-3-1-4-17-11/h1,3-4,7-8H,2,5-6H2. The molecule has 6 heteroatoms. The molecule has 0 N–H and O–H groups in total. The number of hydrogen-bond acceptors (Lipinski definition) is 5. The zero-order chi connectivity index (χ0) is 13.2. The minimum Gasteiger partial charge on any atom is -0.490 e. The average molecular weight is 261 g/mol. The van der Waals surface area contributed by atoms with E-state index in [1.54, 1.807) is 18.2 Å². The number of benzene rings is 1. The first-order chi connectivity index (χ1) is 9.25. The molecule has 0 unspecified atom stereocenters. The van der Waals surface area contributed by atoms with Crippen molar-refractivity contribution < 1.29 is 18.8 Å². The minimum absolute atomic E-state index is 0.0563. The summed E-state index contributed by atoms with van der Waals surface area (Å²) in [5.74, 6) is 1.34. The normalized spacial score (nSPS) is 13.9. The van der Waals surface area contributed by atoms with Crippen LogP contribution in [0.25, 0.3) is 11.3 Å². The van der Waals surface area contributed by atoms with Crippen molar-refractivity contribution in [3.05, 3.63) is 40.6 Å². The molecule has 0 saturated carbocycles. The predicted molar refractivity (Wildman–Crippen MR) is 66.4 cm³/mol. The van der Waals surface area contributed by atoms with E-state index in [1.807, 2.05) is 0 Å². The fourth-order valence-electron chi connectivity index (χ4n) is 1.98. The van der Waals surface area contributed by atoms with Crippen LogP contribution in [-0.2, 0) is 0 Å². The summed E-state index contributed by atoms with van der Waals surface area (Å²) in [5, 5.41) is 11.2. The maximum Gasteiger partial charge on any atom is 0.284 e. The maximum absolute atomic E-state index is 11.2. The molecule has 0 fully saturated rings. The van der Waals surface area contributed by atoms with E-state index in [0.717, 1.165) is 6.42 Å².